The summed E-state index contributed by atoms with van der Waals surface area (Å²) in [5, 5.41) is 26.7. The standard InChI is InChI=1S/C15H20N6O2S/c22-7-9-4-10(5-12(9)23)21-15-13(19-20-21)14(17-8-18-15)16-6-11-2-1-3-24-11/h1-3,8-10,12,19-20,22-23H,4-7H2,(H,16,17,18). The molecule has 0 amide bonds. The van der Waals surface area contributed by atoms with Crippen LogP contribution in [0.15, 0.2) is 23.8 Å². The number of hydrogen-bond acceptors (Lipinski definition) is 9. The van der Waals surface area contributed by atoms with E-state index in [9.17, 15) is 10.2 Å². The van der Waals surface area contributed by atoms with Crippen LogP contribution in [0.3, 0.4) is 0 Å². The number of hydrazine groups is 2. The van der Waals surface area contributed by atoms with Gasteiger partial charge in [-0.1, -0.05) is 6.07 Å². The highest BCUT2D eigenvalue weighted by atomic mass is 32.1. The number of aromatic nitrogens is 2. The number of nitrogens with zero attached hydrogens (tertiary/aromatic N) is 3. The van der Waals surface area contributed by atoms with E-state index in [1.165, 1.54) is 11.2 Å². The highest BCUT2D eigenvalue weighted by Crippen LogP contribution is 2.38. The second-order valence-electron chi connectivity index (χ2n) is 6.10. The molecule has 128 valence electrons. The van der Waals surface area contributed by atoms with Crippen LogP contribution in [0.4, 0.5) is 17.3 Å². The van der Waals surface area contributed by atoms with Gasteiger partial charge < -0.3 is 15.5 Å². The molecule has 1 aliphatic carbocycles. The molecule has 0 radical (unpaired) electrons. The molecule has 9 heteroatoms. The summed E-state index contributed by atoms with van der Waals surface area (Å²) < 4.78 is 0. The first-order chi connectivity index (χ1) is 11.8. The highest BCUT2D eigenvalue weighted by molar-refractivity contribution is 7.09. The van der Waals surface area contributed by atoms with Crippen LogP contribution in [0.2, 0.25) is 0 Å². The van der Waals surface area contributed by atoms with Gasteiger partial charge >= 0.3 is 0 Å². The van der Waals surface area contributed by atoms with E-state index in [2.05, 4.69) is 32.3 Å². The van der Waals surface area contributed by atoms with Crippen LogP contribution in [-0.4, -0.2) is 38.9 Å². The van der Waals surface area contributed by atoms with Gasteiger partial charge in [0, 0.05) is 17.4 Å². The van der Waals surface area contributed by atoms with E-state index in [1.54, 1.807) is 11.3 Å². The predicted octanol–water partition coefficient (Wildman–Crippen LogP) is 0.933. The van der Waals surface area contributed by atoms with Gasteiger partial charge in [-0.15, -0.1) is 16.9 Å². The van der Waals surface area contributed by atoms with Crippen molar-refractivity contribution in [1.82, 2.24) is 15.5 Å². The number of rotatable bonds is 5. The van der Waals surface area contributed by atoms with E-state index in [0.717, 1.165) is 17.3 Å². The summed E-state index contributed by atoms with van der Waals surface area (Å²) in [6.45, 7) is 0.709. The van der Waals surface area contributed by atoms with Crippen molar-refractivity contribution in [2.75, 3.05) is 22.4 Å². The fourth-order valence-electron chi connectivity index (χ4n) is 3.31. The molecule has 1 saturated carbocycles. The van der Waals surface area contributed by atoms with Gasteiger partial charge in [0.2, 0.25) is 0 Å². The number of fused-ring (bicyclic) bond motifs is 1. The lowest BCUT2D eigenvalue weighted by atomic mass is 10.1. The summed E-state index contributed by atoms with van der Waals surface area (Å²) in [5.74, 6) is 1.41. The maximum Gasteiger partial charge on any atom is 0.174 e. The molecule has 2 aromatic heterocycles. The van der Waals surface area contributed by atoms with Crippen molar-refractivity contribution in [2.24, 2.45) is 5.92 Å². The Morgan fingerprint density at radius 3 is 3.04 bits per heavy atom. The summed E-state index contributed by atoms with van der Waals surface area (Å²) in [6, 6.07) is 4.17. The maximum absolute atomic E-state index is 10.0. The summed E-state index contributed by atoms with van der Waals surface area (Å²) >= 11 is 1.70. The van der Waals surface area contributed by atoms with Gasteiger partial charge in [-0.05, 0) is 24.3 Å². The third kappa shape index (κ3) is 2.80. The van der Waals surface area contributed by atoms with Crippen LogP contribution < -0.4 is 21.3 Å². The summed E-state index contributed by atoms with van der Waals surface area (Å²) in [6.07, 6.45) is 2.37. The van der Waals surface area contributed by atoms with Crippen LogP contribution >= 0.6 is 11.3 Å². The van der Waals surface area contributed by atoms with Gasteiger partial charge in [0.1, 0.15) is 12.0 Å². The van der Waals surface area contributed by atoms with E-state index in [1.807, 2.05) is 16.5 Å². The molecule has 5 N–H and O–H groups in total. The van der Waals surface area contributed by atoms with E-state index < -0.39 is 6.10 Å². The highest BCUT2D eigenvalue weighted by Gasteiger charge is 2.39. The Morgan fingerprint density at radius 2 is 2.29 bits per heavy atom. The van der Waals surface area contributed by atoms with Gasteiger partial charge in [-0.2, -0.15) is 0 Å². The van der Waals surface area contributed by atoms with Crippen molar-refractivity contribution >= 4 is 28.7 Å². The molecule has 0 aromatic carbocycles. The number of hydrogen-bond donors (Lipinski definition) is 5. The zero-order chi connectivity index (χ0) is 16.5. The molecule has 2 aliphatic rings. The van der Waals surface area contributed by atoms with Gasteiger partial charge in [0.25, 0.3) is 0 Å². The molecule has 0 spiro atoms. The third-order valence-electron chi connectivity index (χ3n) is 4.60. The first-order valence-electron chi connectivity index (χ1n) is 7.97. The van der Waals surface area contributed by atoms with Gasteiger partial charge in [0.05, 0.1) is 18.7 Å². The number of aliphatic hydroxyl groups excluding tert-OH is 2. The van der Waals surface area contributed by atoms with E-state index >= 15 is 0 Å². The SMILES string of the molecule is OCC1CC(N2NNc3c(NCc4cccs4)ncnc32)CC1O. The fourth-order valence-corrected chi connectivity index (χ4v) is 3.95. The van der Waals surface area contributed by atoms with Crippen LogP contribution in [0.5, 0.6) is 0 Å². The molecule has 3 atom stereocenters. The molecule has 2 aromatic rings. The van der Waals surface area contributed by atoms with E-state index in [-0.39, 0.29) is 18.6 Å². The average molecular weight is 348 g/mol. The van der Waals surface area contributed by atoms with Crippen molar-refractivity contribution < 1.29 is 10.2 Å². The van der Waals surface area contributed by atoms with Crippen LogP contribution in [0.1, 0.15) is 17.7 Å². The molecule has 24 heavy (non-hydrogen) atoms. The molecule has 3 heterocycles. The second-order valence-corrected chi connectivity index (χ2v) is 7.13. The number of aliphatic hydroxyl groups is 2. The molecule has 0 saturated heterocycles. The van der Waals surface area contributed by atoms with Crippen molar-refractivity contribution in [2.45, 2.75) is 31.5 Å². The van der Waals surface area contributed by atoms with Crippen molar-refractivity contribution in [3.63, 3.8) is 0 Å². The van der Waals surface area contributed by atoms with Crippen molar-refractivity contribution in [3.05, 3.63) is 28.7 Å². The molecule has 3 unspecified atom stereocenters. The molecular formula is C15H20N6O2S. The predicted molar refractivity (Wildman–Crippen MR) is 92.5 cm³/mol. The van der Waals surface area contributed by atoms with Crippen molar-refractivity contribution in [3.8, 4) is 0 Å². The van der Waals surface area contributed by atoms with Gasteiger partial charge in [-0.25, -0.2) is 9.97 Å². The zero-order valence-electron chi connectivity index (χ0n) is 13.0. The first kappa shape index (κ1) is 15.6. The minimum Gasteiger partial charge on any atom is -0.396 e. The minimum atomic E-state index is -0.482. The molecular weight excluding hydrogens is 328 g/mol. The quantitative estimate of drug-likeness (QED) is 0.544. The molecule has 4 rings (SSSR count). The summed E-state index contributed by atoms with van der Waals surface area (Å²) in [5.41, 5.74) is 7.04. The Bertz CT molecular complexity index is 697. The molecule has 1 fully saturated rings. The lowest BCUT2D eigenvalue weighted by molar-refractivity contribution is 0.0907. The zero-order valence-corrected chi connectivity index (χ0v) is 13.8. The Labute approximate surface area is 143 Å². The van der Waals surface area contributed by atoms with Gasteiger partial charge in [0.15, 0.2) is 11.6 Å². The largest absolute Gasteiger partial charge is 0.396 e. The smallest absolute Gasteiger partial charge is 0.174 e. The summed E-state index contributed by atoms with van der Waals surface area (Å²) in [7, 11) is 0. The molecule has 8 nitrogen and oxygen atoms in total. The van der Waals surface area contributed by atoms with Crippen LogP contribution in [-0.2, 0) is 6.54 Å². The Kier molecular flexibility index (Phi) is 4.23. The van der Waals surface area contributed by atoms with Gasteiger partial charge in [-0.3, -0.25) is 10.4 Å². The van der Waals surface area contributed by atoms with Crippen molar-refractivity contribution in [1.29, 1.82) is 0 Å². The van der Waals surface area contributed by atoms with Crippen LogP contribution in [0, 0.1) is 5.92 Å². The Balaban J connectivity index is 1.51. The summed E-state index contributed by atoms with van der Waals surface area (Å²) in [4.78, 5) is 9.93. The lowest BCUT2D eigenvalue weighted by Crippen LogP contribution is -2.43. The third-order valence-corrected chi connectivity index (χ3v) is 5.48. The fraction of sp³-hybridized carbons (Fsp3) is 0.467. The van der Waals surface area contributed by atoms with E-state index in [0.29, 0.717) is 19.4 Å². The van der Waals surface area contributed by atoms with E-state index in [4.69, 9.17) is 0 Å². The number of anilines is 3. The van der Waals surface area contributed by atoms with Crippen LogP contribution in [0.25, 0.3) is 0 Å². The average Bonchev–Trinajstić information content (AvgIpc) is 3.32. The maximum atomic E-state index is 10.0. The minimum absolute atomic E-state index is 0.00316. The Hall–Kier alpha value is -1.94. The second kappa shape index (κ2) is 6.52. The molecule has 0 bridgehead atoms. The molecule has 1 aliphatic heterocycles. The normalized spacial score (nSPS) is 25.6. The monoisotopic (exact) mass is 348 g/mol. The Morgan fingerprint density at radius 1 is 1.38 bits per heavy atom. The first-order valence-corrected chi connectivity index (χ1v) is 8.85. The number of nitrogens with one attached hydrogen (secondary N) is 3. The number of thiophene rings is 1. The topological polar surface area (TPSA) is 106 Å². The lowest BCUT2D eigenvalue weighted by Gasteiger charge is -2.24.